The van der Waals surface area contributed by atoms with Crippen molar-refractivity contribution in [3.8, 4) is 6.07 Å². The molecule has 5 heteroatoms. The molecule has 0 aromatic rings. The quantitative estimate of drug-likeness (QED) is 0.641. The lowest BCUT2D eigenvalue weighted by Crippen LogP contribution is -2.40. The predicted octanol–water partition coefficient (Wildman–Crippen LogP) is 1.33. The number of hydrogen-bond donors (Lipinski definition) is 0. The van der Waals surface area contributed by atoms with Crippen molar-refractivity contribution < 1.29 is 14.3 Å². The summed E-state index contributed by atoms with van der Waals surface area (Å²) in [6.07, 6.45) is 3.23. The summed E-state index contributed by atoms with van der Waals surface area (Å²) in [4.78, 5) is 13.3. The van der Waals surface area contributed by atoms with Gasteiger partial charge in [-0.3, -0.25) is 9.69 Å². The molecule has 0 bridgehead atoms. The second-order valence-corrected chi connectivity index (χ2v) is 4.67. The summed E-state index contributed by atoms with van der Waals surface area (Å²) >= 11 is 0. The number of carbonyl (C=O) groups excluding carboxylic acids is 1. The number of hydrogen-bond acceptors (Lipinski definition) is 5. The Hall–Kier alpha value is -1.12. The Morgan fingerprint density at radius 3 is 3.00 bits per heavy atom. The molecule has 0 radical (unpaired) electrons. The first-order chi connectivity index (χ1) is 8.67. The highest BCUT2D eigenvalue weighted by molar-refractivity contribution is 5.69. The third-order valence-corrected chi connectivity index (χ3v) is 3.30. The van der Waals surface area contributed by atoms with E-state index in [1.54, 1.807) is 0 Å². The lowest BCUT2D eigenvalue weighted by atomic mass is 10.1. The van der Waals surface area contributed by atoms with Crippen molar-refractivity contribution in [2.24, 2.45) is 0 Å². The lowest BCUT2D eigenvalue weighted by Gasteiger charge is -2.29. The number of esters is 1. The first kappa shape index (κ1) is 14.9. The summed E-state index contributed by atoms with van der Waals surface area (Å²) in [7, 11) is 1.39. The molecule has 0 saturated carbocycles. The van der Waals surface area contributed by atoms with Crippen LogP contribution in [0.3, 0.4) is 0 Å². The van der Waals surface area contributed by atoms with Crippen molar-refractivity contribution in [1.82, 2.24) is 4.90 Å². The topological polar surface area (TPSA) is 62.6 Å². The molecule has 0 spiro atoms. The predicted molar refractivity (Wildman–Crippen MR) is 66.9 cm³/mol. The zero-order valence-corrected chi connectivity index (χ0v) is 11.2. The van der Waals surface area contributed by atoms with Crippen LogP contribution in [0.15, 0.2) is 0 Å². The van der Waals surface area contributed by atoms with Crippen LogP contribution < -0.4 is 0 Å². The minimum Gasteiger partial charge on any atom is -0.469 e. The lowest BCUT2D eigenvalue weighted by molar-refractivity contribution is -0.141. The van der Waals surface area contributed by atoms with E-state index in [1.807, 2.05) is 6.92 Å². The third kappa shape index (κ3) is 5.03. The summed E-state index contributed by atoms with van der Waals surface area (Å²) in [5.74, 6) is -0.212. The SMILES string of the molecule is COC(=O)CCN(CC1CCCO1)C(C)CC#N. The molecule has 0 aliphatic carbocycles. The summed E-state index contributed by atoms with van der Waals surface area (Å²) < 4.78 is 10.3. The maximum absolute atomic E-state index is 11.2. The van der Waals surface area contributed by atoms with Crippen molar-refractivity contribution in [1.29, 1.82) is 5.26 Å². The van der Waals surface area contributed by atoms with Crippen LogP contribution in [0.25, 0.3) is 0 Å². The number of ether oxygens (including phenoxy) is 2. The van der Waals surface area contributed by atoms with Crippen LogP contribution in [0.2, 0.25) is 0 Å². The highest BCUT2D eigenvalue weighted by atomic mass is 16.5. The zero-order chi connectivity index (χ0) is 13.4. The number of nitriles is 1. The largest absolute Gasteiger partial charge is 0.469 e. The van der Waals surface area contributed by atoms with Crippen molar-refractivity contribution in [3.05, 3.63) is 0 Å². The second-order valence-electron chi connectivity index (χ2n) is 4.67. The van der Waals surface area contributed by atoms with E-state index in [1.165, 1.54) is 7.11 Å². The van der Waals surface area contributed by atoms with Gasteiger partial charge in [0.1, 0.15) is 0 Å². The van der Waals surface area contributed by atoms with E-state index in [0.29, 0.717) is 19.4 Å². The number of carbonyl (C=O) groups is 1. The summed E-state index contributed by atoms with van der Waals surface area (Å²) in [6, 6.07) is 2.32. The van der Waals surface area contributed by atoms with Crippen LogP contribution in [0, 0.1) is 11.3 Å². The van der Waals surface area contributed by atoms with Gasteiger partial charge in [0.25, 0.3) is 0 Å². The monoisotopic (exact) mass is 254 g/mol. The fourth-order valence-corrected chi connectivity index (χ4v) is 2.14. The highest BCUT2D eigenvalue weighted by Gasteiger charge is 2.22. The van der Waals surface area contributed by atoms with Gasteiger partial charge in [-0.15, -0.1) is 0 Å². The van der Waals surface area contributed by atoms with Crippen LogP contribution in [-0.4, -0.2) is 49.8 Å². The number of rotatable bonds is 7. The average Bonchev–Trinajstić information content (AvgIpc) is 2.87. The van der Waals surface area contributed by atoms with Crippen molar-refractivity contribution >= 4 is 5.97 Å². The Balaban J connectivity index is 2.45. The van der Waals surface area contributed by atoms with E-state index in [2.05, 4.69) is 15.7 Å². The number of nitrogens with zero attached hydrogens (tertiary/aromatic N) is 2. The Labute approximate surface area is 109 Å². The molecule has 1 aliphatic rings. The van der Waals surface area contributed by atoms with Crippen LogP contribution in [0.4, 0.5) is 0 Å². The Morgan fingerprint density at radius 2 is 2.44 bits per heavy atom. The minimum atomic E-state index is -0.212. The summed E-state index contributed by atoms with van der Waals surface area (Å²) in [6.45, 7) is 4.24. The Kier molecular flexibility index (Phi) is 6.69. The molecule has 1 saturated heterocycles. The van der Waals surface area contributed by atoms with Crippen molar-refractivity contribution in [2.75, 3.05) is 26.8 Å². The van der Waals surface area contributed by atoms with E-state index >= 15 is 0 Å². The molecule has 2 atom stereocenters. The second kappa shape index (κ2) is 8.06. The molecular weight excluding hydrogens is 232 g/mol. The van der Waals surface area contributed by atoms with E-state index in [0.717, 1.165) is 26.0 Å². The van der Waals surface area contributed by atoms with Gasteiger partial charge < -0.3 is 9.47 Å². The van der Waals surface area contributed by atoms with Gasteiger partial charge in [-0.05, 0) is 19.8 Å². The van der Waals surface area contributed by atoms with E-state index in [4.69, 9.17) is 10.00 Å². The van der Waals surface area contributed by atoms with Crippen LogP contribution in [0.5, 0.6) is 0 Å². The molecule has 0 amide bonds. The highest BCUT2D eigenvalue weighted by Crippen LogP contribution is 2.16. The maximum atomic E-state index is 11.2. The van der Waals surface area contributed by atoms with Gasteiger partial charge in [-0.1, -0.05) is 0 Å². The molecule has 1 rings (SSSR count). The van der Waals surface area contributed by atoms with Crippen LogP contribution in [-0.2, 0) is 14.3 Å². The molecular formula is C13H22N2O3. The first-order valence-electron chi connectivity index (χ1n) is 6.46. The van der Waals surface area contributed by atoms with E-state index in [-0.39, 0.29) is 18.1 Å². The molecule has 0 N–H and O–H groups in total. The molecule has 1 aliphatic heterocycles. The normalized spacial score (nSPS) is 20.7. The molecule has 5 nitrogen and oxygen atoms in total. The molecule has 0 aromatic carbocycles. The van der Waals surface area contributed by atoms with Crippen LogP contribution >= 0.6 is 0 Å². The van der Waals surface area contributed by atoms with Gasteiger partial charge in [-0.2, -0.15) is 5.26 Å². The fraction of sp³-hybridized carbons (Fsp3) is 0.846. The third-order valence-electron chi connectivity index (χ3n) is 3.30. The average molecular weight is 254 g/mol. The van der Waals surface area contributed by atoms with Gasteiger partial charge in [0.15, 0.2) is 0 Å². The van der Waals surface area contributed by atoms with Crippen molar-refractivity contribution in [3.63, 3.8) is 0 Å². The maximum Gasteiger partial charge on any atom is 0.306 e. The van der Waals surface area contributed by atoms with E-state index in [9.17, 15) is 4.79 Å². The Bertz CT molecular complexity index is 295. The fourth-order valence-electron chi connectivity index (χ4n) is 2.14. The van der Waals surface area contributed by atoms with Crippen molar-refractivity contribution in [2.45, 2.75) is 44.8 Å². The molecule has 18 heavy (non-hydrogen) atoms. The molecule has 2 unspecified atom stereocenters. The van der Waals surface area contributed by atoms with Gasteiger partial charge in [0, 0.05) is 25.7 Å². The number of methoxy groups -OCH3 is 1. The summed E-state index contributed by atoms with van der Waals surface area (Å²) in [5, 5.41) is 8.77. The molecule has 1 heterocycles. The minimum absolute atomic E-state index is 0.142. The smallest absolute Gasteiger partial charge is 0.306 e. The Morgan fingerprint density at radius 1 is 1.67 bits per heavy atom. The van der Waals surface area contributed by atoms with Gasteiger partial charge in [0.05, 0.1) is 32.1 Å². The standard InChI is InChI=1S/C13H22N2O3/c1-11(5-7-14)15(8-6-13(16)17-2)10-12-4-3-9-18-12/h11-12H,3-6,8-10H2,1-2H3. The molecule has 0 aromatic heterocycles. The van der Waals surface area contributed by atoms with Gasteiger partial charge >= 0.3 is 5.97 Å². The summed E-state index contributed by atoms with van der Waals surface area (Å²) in [5.41, 5.74) is 0. The van der Waals surface area contributed by atoms with Gasteiger partial charge in [0.2, 0.25) is 0 Å². The first-order valence-corrected chi connectivity index (χ1v) is 6.46. The molecule has 102 valence electrons. The van der Waals surface area contributed by atoms with E-state index < -0.39 is 0 Å². The zero-order valence-electron chi connectivity index (χ0n) is 11.2. The molecule has 1 fully saturated rings. The van der Waals surface area contributed by atoms with Gasteiger partial charge in [-0.25, -0.2) is 0 Å². The van der Waals surface area contributed by atoms with Crippen LogP contribution in [0.1, 0.15) is 32.6 Å².